The molecule has 0 unspecified atom stereocenters. The van der Waals surface area contributed by atoms with Crippen molar-refractivity contribution < 1.29 is 4.79 Å². The number of para-hydroxylation sites is 2. The summed E-state index contributed by atoms with van der Waals surface area (Å²) in [4.78, 5) is 16.2. The Bertz CT molecular complexity index is 537. The van der Waals surface area contributed by atoms with Gasteiger partial charge in [-0.25, -0.2) is 0 Å². The number of rotatable bonds is 1. The summed E-state index contributed by atoms with van der Waals surface area (Å²) >= 11 is 0. The quantitative estimate of drug-likeness (QED) is 0.701. The average molecular weight is 240 g/mol. The molecule has 1 aromatic rings. The van der Waals surface area contributed by atoms with Crippen LogP contribution < -0.4 is 9.80 Å². The molecule has 0 bridgehead atoms. The minimum atomic E-state index is -0.0969. The lowest BCUT2D eigenvalue weighted by Gasteiger charge is -2.37. The lowest BCUT2D eigenvalue weighted by atomic mass is 10.1. The second-order valence-electron chi connectivity index (χ2n) is 4.75. The number of carbonyl (C=O) groups excluding carboxylic acids is 1. The zero-order valence-electron chi connectivity index (χ0n) is 10.5. The lowest BCUT2D eigenvalue weighted by Crippen LogP contribution is -2.44. The van der Waals surface area contributed by atoms with Crippen molar-refractivity contribution in [3.05, 3.63) is 24.3 Å². The molecule has 1 saturated carbocycles. The molecule has 3 nitrogen and oxygen atoms in total. The monoisotopic (exact) mass is 240 g/mol. The number of fused-ring (bicyclic) bond motifs is 1. The van der Waals surface area contributed by atoms with Gasteiger partial charge >= 0.3 is 5.91 Å². The minimum Gasteiger partial charge on any atom is -0.365 e. The van der Waals surface area contributed by atoms with E-state index in [2.05, 4.69) is 22.8 Å². The van der Waals surface area contributed by atoms with Gasteiger partial charge in [-0.2, -0.15) is 0 Å². The van der Waals surface area contributed by atoms with E-state index < -0.39 is 0 Å². The molecule has 3 heteroatoms. The largest absolute Gasteiger partial charge is 0.365 e. The van der Waals surface area contributed by atoms with Crippen molar-refractivity contribution in [3.8, 4) is 11.8 Å². The van der Waals surface area contributed by atoms with Gasteiger partial charge in [0, 0.05) is 19.1 Å². The van der Waals surface area contributed by atoms with Gasteiger partial charge in [-0.15, -0.1) is 0 Å². The maximum Gasteiger partial charge on any atom is 0.303 e. The van der Waals surface area contributed by atoms with Crippen molar-refractivity contribution in [3.63, 3.8) is 0 Å². The first-order valence-electron chi connectivity index (χ1n) is 6.41. The first-order valence-corrected chi connectivity index (χ1v) is 6.41. The first-order chi connectivity index (χ1) is 8.81. The summed E-state index contributed by atoms with van der Waals surface area (Å²) in [6.45, 7) is 3.35. The van der Waals surface area contributed by atoms with Gasteiger partial charge in [0.1, 0.15) is 0 Å². The van der Waals surface area contributed by atoms with Crippen LogP contribution in [0.2, 0.25) is 0 Å². The molecule has 1 aliphatic carbocycles. The molecule has 0 radical (unpaired) electrons. The van der Waals surface area contributed by atoms with Crippen molar-refractivity contribution in [2.24, 2.45) is 0 Å². The Kier molecular flexibility index (Phi) is 2.71. The second-order valence-corrected chi connectivity index (χ2v) is 4.75. The van der Waals surface area contributed by atoms with Gasteiger partial charge < -0.3 is 4.90 Å². The van der Waals surface area contributed by atoms with Gasteiger partial charge in [-0.05, 0) is 37.8 Å². The number of benzene rings is 1. The van der Waals surface area contributed by atoms with E-state index in [4.69, 9.17) is 0 Å². The van der Waals surface area contributed by atoms with Gasteiger partial charge in [-0.3, -0.25) is 9.69 Å². The predicted octanol–water partition coefficient (Wildman–Crippen LogP) is 2.03. The predicted molar refractivity (Wildman–Crippen MR) is 72.6 cm³/mol. The van der Waals surface area contributed by atoms with Crippen molar-refractivity contribution >= 4 is 17.3 Å². The summed E-state index contributed by atoms with van der Waals surface area (Å²) in [5, 5.41) is 0. The number of hydrogen-bond donors (Lipinski definition) is 0. The highest BCUT2D eigenvalue weighted by Gasteiger charge is 2.34. The van der Waals surface area contributed by atoms with Crippen LogP contribution in [-0.2, 0) is 4.79 Å². The molecule has 0 spiro atoms. The SMILES string of the molecule is CC#CC(=O)N1CCN(C2CC2)c2ccccc21. The van der Waals surface area contributed by atoms with Gasteiger partial charge in [0.25, 0.3) is 0 Å². The van der Waals surface area contributed by atoms with Crippen molar-refractivity contribution in [2.75, 3.05) is 22.9 Å². The molecular formula is C15H16N2O. The molecule has 1 heterocycles. The first kappa shape index (κ1) is 11.2. The fraction of sp³-hybridized carbons (Fsp3) is 0.400. The minimum absolute atomic E-state index is 0.0969. The Morgan fingerprint density at radius 2 is 1.94 bits per heavy atom. The Balaban J connectivity index is 1.97. The zero-order valence-corrected chi connectivity index (χ0v) is 10.5. The van der Waals surface area contributed by atoms with Crippen molar-refractivity contribution in [2.45, 2.75) is 25.8 Å². The fourth-order valence-electron chi connectivity index (χ4n) is 2.53. The highest BCUT2D eigenvalue weighted by molar-refractivity contribution is 6.08. The van der Waals surface area contributed by atoms with E-state index in [0.717, 1.165) is 18.8 Å². The summed E-state index contributed by atoms with van der Waals surface area (Å²) in [6, 6.07) is 8.81. The average Bonchev–Trinajstić information content (AvgIpc) is 3.22. The summed E-state index contributed by atoms with van der Waals surface area (Å²) in [5.74, 6) is 5.22. The molecule has 18 heavy (non-hydrogen) atoms. The normalized spacial score (nSPS) is 17.8. The maximum atomic E-state index is 12.0. The highest BCUT2D eigenvalue weighted by atomic mass is 16.2. The molecule has 2 aliphatic rings. The Labute approximate surface area is 107 Å². The summed E-state index contributed by atoms with van der Waals surface area (Å²) < 4.78 is 0. The van der Waals surface area contributed by atoms with E-state index >= 15 is 0 Å². The fourth-order valence-corrected chi connectivity index (χ4v) is 2.53. The van der Waals surface area contributed by atoms with Crippen LogP contribution in [0.15, 0.2) is 24.3 Å². The zero-order chi connectivity index (χ0) is 12.5. The molecule has 0 atom stereocenters. The standard InChI is InChI=1S/C15H16N2O/c1-2-5-15(18)17-11-10-16(12-8-9-12)13-6-3-4-7-14(13)17/h3-4,6-7,12H,8-11H2,1H3. The van der Waals surface area contributed by atoms with Crippen LogP contribution in [-0.4, -0.2) is 25.0 Å². The molecular weight excluding hydrogens is 224 g/mol. The molecule has 1 amide bonds. The lowest BCUT2D eigenvalue weighted by molar-refractivity contribution is -0.113. The van der Waals surface area contributed by atoms with Crippen LogP contribution in [0.25, 0.3) is 0 Å². The number of amides is 1. The van der Waals surface area contributed by atoms with Crippen molar-refractivity contribution in [1.29, 1.82) is 0 Å². The topological polar surface area (TPSA) is 23.6 Å². The molecule has 1 aliphatic heterocycles. The van der Waals surface area contributed by atoms with E-state index in [-0.39, 0.29) is 5.91 Å². The van der Waals surface area contributed by atoms with Crippen LogP contribution in [0, 0.1) is 11.8 Å². The smallest absolute Gasteiger partial charge is 0.303 e. The van der Waals surface area contributed by atoms with Gasteiger partial charge in [-0.1, -0.05) is 18.1 Å². The molecule has 1 fully saturated rings. The van der Waals surface area contributed by atoms with E-state index in [1.165, 1.54) is 18.5 Å². The second kappa shape index (κ2) is 4.38. The molecule has 0 N–H and O–H groups in total. The van der Waals surface area contributed by atoms with Crippen LogP contribution >= 0.6 is 0 Å². The summed E-state index contributed by atoms with van der Waals surface area (Å²) in [5.41, 5.74) is 2.18. The number of carbonyl (C=O) groups is 1. The molecule has 3 rings (SSSR count). The Hall–Kier alpha value is -1.95. The van der Waals surface area contributed by atoms with Crippen LogP contribution in [0.3, 0.4) is 0 Å². The number of anilines is 2. The van der Waals surface area contributed by atoms with Gasteiger partial charge in [0.05, 0.1) is 11.4 Å². The van der Waals surface area contributed by atoms with Gasteiger partial charge in [0.2, 0.25) is 0 Å². The molecule has 0 saturated heterocycles. The van der Waals surface area contributed by atoms with Crippen LogP contribution in [0.1, 0.15) is 19.8 Å². The van der Waals surface area contributed by atoms with Crippen LogP contribution in [0.5, 0.6) is 0 Å². The van der Waals surface area contributed by atoms with Crippen molar-refractivity contribution in [1.82, 2.24) is 0 Å². The third-order valence-corrected chi connectivity index (χ3v) is 3.51. The highest BCUT2D eigenvalue weighted by Crippen LogP contribution is 2.39. The molecule has 0 aromatic heterocycles. The number of hydrogen-bond acceptors (Lipinski definition) is 2. The van der Waals surface area contributed by atoms with E-state index in [0.29, 0.717) is 6.04 Å². The van der Waals surface area contributed by atoms with E-state index in [1.807, 2.05) is 18.2 Å². The summed E-state index contributed by atoms with van der Waals surface area (Å²) in [7, 11) is 0. The number of nitrogens with zero attached hydrogens (tertiary/aromatic N) is 2. The maximum absolute atomic E-state index is 12.0. The molecule has 92 valence electrons. The third-order valence-electron chi connectivity index (χ3n) is 3.51. The Morgan fingerprint density at radius 1 is 1.22 bits per heavy atom. The Morgan fingerprint density at radius 3 is 2.61 bits per heavy atom. The van der Waals surface area contributed by atoms with Gasteiger partial charge in [0.15, 0.2) is 0 Å². The third kappa shape index (κ3) is 1.84. The van der Waals surface area contributed by atoms with Crippen LogP contribution in [0.4, 0.5) is 11.4 Å². The van der Waals surface area contributed by atoms with E-state index in [9.17, 15) is 4.79 Å². The summed E-state index contributed by atoms with van der Waals surface area (Å²) in [6.07, 6.45) is 2.55. The van der Waals surface area contributed by atoms with E-state index in [1.54, 1.807) is 11.8 Å². The molecule has 1 aromatic carbocycles.